The normalized spacial score (nSPS) is 11.3. The van der Waals surface area contributed by atoms with E-state index in [-0.39, 0.29) is 11.3 Å². The molecule has 2 rings (SSSR count). The predicted molar refractivity (Wildman–Crippen MR) is 96.0 cm³/mol. The van der Waals surface area contributed by atoms with Gasteiger partial charge in [-0.2, -0.15) is 0 Å². The molecule has 2 aromatic rings. The van der Waals surface area contributed by atoms with E-state index in [4.69, 9.17) is 18.9 Å². The molecular weight excluding hydrogens is 357 g/mol. The SMILES string of the molecule is COC(=O)c1cc(OC)c(OC)cc1NC(=O)[C@H](C)Oc1ccc(F)cc1. The van der Waals surface area contributed by atoms with Gasteiger partial charge in [0.25, 0.3) is 5.91 Å². The number of carbonyl (C=O) groups is 2. The van der Waals surface area contributed by atoms with Crippen LogP contribution in [-0.2, 0) is 9.53 Å². The van der Waals surface area contributed by atoms with E-state index in [2.05, 4.69) is 5.32 Å². The van der Waals surface area contributed by atoms with Gasteiger partial charge in [0, 0.05) is 12.1 Å². The van der Waals surface area contributed by atoms with Gasteiger partial charge in [0.15, 0.2) is 17.6 Å². The van der Waals surface area contributed by atoms with Crippen LogP contribution in [-0.4, -0.2) is 39.3 Å². The largest absolute Gasteiger partial charge is 0.493 e. The molecule has 27 heavy (non-hydrogen) atoms. The lowest BCUT2D eigenvalue weighted by Crippen LogP contribution is -2.30. The Kier molecular flexibility index (Phi) is 6.59. The zero-order chi connectivity index (χ0) is 20.0. The van der Waals surface area contributed by atoms with Crippen LogP contribution in [0, 0.1) is 5.82 Å². The van der Waals surface area contributed by atoms with Gasteiger partial charge in [-0.1, -0.05) is 0 Å². The lowest BCUT2D eigenvalue weighted by atomic mass is 10.1. The van der Waals surface area contributed by atoms with Crippen LogP contribution >= 0.6 is 0 Å². The van der Waals surface area contributed by atoms with Crippen molar-refractivity contribution in [1.82, 2.24) is 0 Å². The summed E-state index contributed by atoms with van der Waals surface area (Å²) in [5, 5.41) is 2.61. The molecule has 0 fully saturated rings. The van der Waals surface area contributed by atoms with Crippen LogP contribution in [0.25, 0.3) is 0 Å². The van der Waals surface area contributed by atoms with Gasteiger partial charge in [-0.3, -0.25) is 4.79 Å². The molecule has 144 valence electrons. The van der Waals surface area contributed by atoms with E-state index in [1.54, 1.807) is 0 Å². The average molecular weight is 377 g/mol. The summed E-state index contributed by atoms with van der Waals surface area (Å²) in [4.78, 5) is 24.5. The van der Waals surface area contributed by atoms with Gasteiger partial charge in [0.05, 0.1) is 32.6 Å². The molecule has 1 N–H and O–H groups in total. The molecule has 0 aliphatic heterocycles. The van der Waals surface area contributed by atoms with E-state index in [0.717, 1.165) is 0 Å². The highest BCUT2D eigenvalue weighted by molar-refractivity contribution is 6.03. The standard InChI is InChI=1S/C19H20FNO6/c1-11(27-13-7-5-12(20)6-8-13)18(22)21-15-10-17(25-3)16(24-2)9-14(15)19(23)26-4/h5-11H,1-4H3,(H,21,22)/t11-/m0/s1. The summed E-state index contributed by atoms with van der Waals surface area (Å²) in [5.74, 6) is -0.610. The number of carbonyl (C=O) groups excluding carboxylic acids is 2. The predicted octanol–water partition coefficient (Wildman–Crippen LogP) is 3.04. The second kappa shape index (κ2) is 8.88. The Morgan fingerprint density at radius 2 is 1.59 bits per heavy atom. The lowest BCUT2D eigenvalue weighted by Gasteiger charge is -2.17. The highest BCUT2D eigenvalue weighted by Gasteiger charge is 2.22. The maximum atomic E-state index is 13.0. The van der Waals surface area contributed by atoms with Crippen molar-refractivity contribution < 1.29 is 32.9 Å². The smallest absolute Gasteiger partial charge is 0.340 e. The highest BCUT2D eigenvalue weighted by Crippen LogP contribution is 2.34. The molecule has 0 radical (unpaired) electrons. The minimum atomic E-state index is -0.908. The molecule has 0 heterocycles. The van der Waals surface area contributed by atoms with Gasteiger partial charge >= 0.3 is 5.97 Å². The summed E-state index contributed by atoms with van der Waals surface area (Å²) < 4.78 is 33.5. The molecule has 0 spiro atoms. The fourth-order valence-electron chi connectivity index (χ4n) is 2.27. The van der Waals surface area contributed by atoms with Crippen molar-refractivity contribution in [3.8, 4) is 17.2 Å². The second-order valence-corrected chi connectivity index (χ2v) is 5.45. The first kappa shape index (κ1) is 20.0. The van der Waals surface area contributed by atoms with Crippen molar-refractivity contribution in [1.29, 1.82) is 0 Å². The first-order valence-electron chi connectivity index (χ1n) is 7.97. The Hall–Kier alpha value is -3.29. The molecular formula is C19H20FNO6. The number of rotatable bonds is 7. The zero-order valence-electron chi connectivity index (χ0n) is 15.4. The Bertz CT molecular complexity index is 822. The number of hydrogen-bond donors (Lipinski definition) is 1. The van der Waals surface area contributed by atoms with Crippen LogP contribution in [0.15, 0.2) is 36.4 Å². The summed E-state index contributed by atoms with van der Waals surface area (Å²) in [7, 11) is 4.09. The molecule has 0 bridgehead atoms. The first-order chi connectivity index (χ1) is 12.9. The van der Waals surface area contributed by atoms with E-state index in [1.165, 1.54) is 64.7 Å². The van der Waals surface area contributed by atoms with E-state index >= 15 is 0 Å². The van der Waals surface area contributed by atoms with Crippen molar-refractivity contribution in [2.45, 2.75) is 13.0 Å². The molecule has 0 aromatic heterocycles. The molecule has 1 atom stereocenters. The first-order valence-corrected chi connectivity index (χ1v) is 7.97. The number of methoxy groups -OCH3 is 3. The van der Waals surface area contributed by atoms with Crippen LogP contribution < -0.4 is 19.5 Å². The Morgan fingerprint density at radius 1 is 1.00 bits per heavy atom. The third kappa shape index (κ3) is 4.87. The van der Waals surface area contributed by atoms with E-state index in [1.807, 2.05) is 0 Å². The second-order valence-electron chi connectivity index (χ2n) is 5.45. The van der Waals surface area contributed by atoms with Crippen LogP contribution in [0.3, 0.4) is 0 Å². The summed E-state index contributed by atoms with van der Waals surface area (Å²) in [6.07, 6.45) is -0.908. The van der Waals surface area contributed by atoms with Crippen LogP contribution in [0.5, 0.6) is 17.2 Å². The fourth-order valence-corrected chi connectivity index (χ4v) is 2.27. The average Bonchev–Trinajstić information content (AvgIpc) is 2.68. The molecule has 0 aliphatic carbocycles. The van der Waals surface area contributed by atoms with Gasteiger partial charge in [0.1, 0.15) is 11.6 Å². The monoisotopic (exact) mass is 377 g/mol. The van der Waals surface area contributed by atoms with Crippen molar-refractivity contribution in [2.75, 3.05) is 26.6 Å². The Balaban J connectivity index is 2.24. The fraction of sp³-hybridized carbons (Fsp3) is 0.263. The Morgan fingerprint density at radius 3 is 2.15 bits per heavy atom. The van der Waals surface area contributed by atoms with Crippen molar-refractivity contribution in [3.05, 3.63) is 47.8 Å². The number of benzene rings is 2. The van der Waals surface area contributed by atoms with Crippen LogP contribution in [0.1, 0.15) is 17.3 Å². The summed E-state index contributed by atoms with van der Waals surface area (Å²) in [5.41, 5.74) is 0.275. The number of halogens is 1. The third-order valence-corrected chi connectivity index (χ3v) is 3.68. The summed E-state index contributed by atoms with van der Waals surface area (Å²) in [6, 6.07) is 8.14. The molecule has 0 unspecified atom stereocenters. The van der Waals surface area contributed by atoms with Crippen molar-refractivity contribution >= 4 is 17.6 Å². The van der Waals surface area contributed by atoms with E-state index in [9.17, 15) is 14.0 Å². The molecule has 8 heteroatoms. The minimum Gasteiger partial charge on any atom is -0.493 e. The quantitative estimate of drug-likeness (QED) is 0.747. The number of anilines is 1. The van der Waals surface area contributed by atoms with Gasteiger partial charge in [-0.15, -0.1) is 0 Å². The van der Waals surface area contributed by atoms with Crippen LogP contribution in [0.4, 0.5) is 10.1 Å². The third-order valence-electron chi connectivity index (χ3n) is 3.68. The number of amides is 1. The molecule has 1 amide bonds. The topological polar surface area (TPSA) is 83.1 Å². The van der Waals surface area contributed by atoms with Gasteiger partial charge in [-0.05, 0) is 31.2 Å². The summed E-state index contributed by atoms with van der Waals surface area (Å²) in [6.45, 7) is 1.53. The van der Waals surface area contributed by atoms with Crippen LogP contribution in [0.2, 0.25) is 0 Å². The zero-order valence-corrected chi connectivity index (χ0v) is 15.4. The molecule has 0 aliphatic rings. The minimum absolute atomic E-state index is 0.0949. The van der Waals surface area contributed by atoms with Gasteiger partial charge in [0.2, 0.25) is 0 Å². The van der Waals surface area contributed by atoms with Crippen molar-refractivity contribution in [3.63, 3.8) is 0 Å². The number of nitrogens with one attached hydrogen (secondary N) is 1. The lowest BCUT2D eigenvalue weighted by molar-refractivity contribution is -0.122. The molecule has 0 saturated heterocycles. The van der Waals surface area contributed by atoms with E-state index in [0.29, 0.717) is 17.2 Å². The number of ether oxygens (including phenoxy) is 4. The molecule has 7 nitrogen and oxygen atoms in total. The summed E-state index contributed by atoms with van der Waals surface area (Å²) >= 11 is 0. The molecule has 0 saturated carbocycles. The van der Waals surface area contributed by atoms with E-state index < -0.39 is 23.8 Å². The highest BCUT2D eigenvalue weighted by atomic mass is 19.1. The maximum Gasteiger partial charge on any atom is 0.340 e. The van der Waals surface area contributed by atoms with Gasteiger partial charge in [-0.25, -0.2) is 9.18 Å². The Labute approximate surface area is 156 Å². The maximum absolute atomic E-state index is 13.0. The van der Waals surface area contributed by atoms with Gasteiger partial charge < -0.3 is 24.3 Å². The number of esters is 1. The molecule has 2 aromatic carbocycles. The number of hydrogen-bond acceptors (Lipinski definition) is 6. The van der Waals surface area contributed by atoms with Crippen molar-refractivity contribution in [2.24, 2.45) is 0 Å².